The van der Waals surface area contributed by atoms with Gasteiger partial charge in [-0.1, -0.05) is 50.1 Å². The van der Waals surface area contributed by atoms with Crippen LogP contribution >= 0.6 is 0 Å². The van der Waals surface area contributed by atoms with E-state index in [2.05, 4.69) is 41.0 Å². The molecule has 2 fully saturated rings. The number of alkyl halides is 3. The number of hydrogen-bond donors (Lipinski definition) is 1. The van der Waals surface area contributed by atoms with Crippen molar-refractivity contribution >= 4 is 11.9 Å². The van der Waals surface area contributed by atoms with Crippen LogP contribution in [-0.2, 0) is 34.0 Å². The molecule has 2 aliphatic carbocycles. The average molecular weight is 687 g/mol. The molecule has 3 aromatic carbocycles. The number of amides is 1. The van der Waals surface area contributed by atoms with E-state index in [1.165, 1.54) is 30.7 Å². The molecule has 2 aliphatic heterocycles. The summed E-state index contributed by atoms with van der Waals surface area (Å²) in [5.41, 5.74) is 2.06. The van der Waals surface area contributed by atoms with E-state index in [9.17, 15) is 27.9 Å². The summed E-state index contributed by atoms with van der Waals surface area (Å²) in [5.74, 6) is 5.57. The maximum atomic E-state index is 14.0. The van der Waals surface area contributed by atoms with Crippen molar-refractivity contribution in [1.29, 1.82) is 0 Å². The zero-order chi connectivity index (χ0) is 35.4. The Balaban J connectivity index is 1.25. The molecule has 1 N–H and O–H groups in total. The van der Waals surface area contributed by atoms with E-state index in [1.54, 1.807) is 4.90 Å². The maximum absolute atomic E-state index is 14.0. The summed E-state index contributed by atoms with van der Waals surface area (Å²) in [6.07, 6.45) is -1.14. The van der Waals surface area contributed by atoms with Gasteiger partial charge in [0.1, 0.15) is 11.9 Å². The monoisotopic (exact) mass is 686 g/mol. The number of piperidine rings is 1. The van der Waals surface area contributed by atoms with Gasteiger partial charge in [-0.3, -0.25) is 14.5 Å². The van der Waals surface area contributed by atoms with Crippen molar-refractivity contribution in [3.8, 4) is 29.1 Å². The number of hydrogen-bond acceptors (Lipinski definition) is 6. The molecule has 5 atom stereocenters. The van der Waals surface area contributed by atoms with Crippen LogP contribution in [0.5, 0.6) is 17.2 Å². The fraction of sp³-hybridized carbons (Fsp3) is 0.450. The van der Waals surface area contributed by atoms with E-state index < -0.39 is 35.1 Å². The second-order valence-electron chi connectivity index (χ2n) is 14.5. The zero-order valence-electron chi connectivity index (χ0n) is 28.4. The topological polar surface area (TPSA) is 79.3 Å². The highest BCUT2D eigenvalue weighted by atomic mass is 19.4. The Labute approximate surface area is 290 Å². The van der Waals surface area contributed by atoms with Crippen LogP contribution < -0.4 is 9.47 Å². The Morgan fingerprint density at radius 2 is 1.86 bits per heavy atom. The third-order valence-corrected chi connectivity index (χ3v) is 11.0. The Kier molecular flexibility index (Phi) is 8.83. The second kappa shape index (κ2) is 13.0. The summed E-state index contributed by atoms with van der Waals surface area (Å²) >= 11 is 0. The lowest BCUT2D eigenvalue weighted by atomic mass is 9.50. The smallest absolute Gasteiger partial charge is 0.416 e. The first-order valence-corrected chi connectivity index (χ1v) is 17.4. The molecule has 4 aliphatic rings. The molecule has 1 spiro atoms. The van der Waals surface area contributed by atoms with Crippen LogP contribution in [-0.4, -0.2) is 64.6 Å². The molecular weight excluding hydrogens is 645 g/mol. The quantitative estimate of drug-likeness (QED) is 0.173. The van der Waals surface area contributed by atoms with Crippen molar-refractivity contribution in [3.63, 3.8) is 0 Å². The number of benzene rings is 3. The Morgan fingerprint density at radius 1 is 1.12 bits per heavy atom. The van der Waals surface area contributed by atoms with E-state index in [4.69, 9.17) is 9.47 Å². The Hall–Kier alpha value is -4.49. The van der Waals surface area contributed by atoms with Gasteiger partial charge in [0.15, 0.2) is 11.5 Å². The first-order valence-electron chi connectivity index (χ1n) is 17.4. The van der Waals surface area contributed by atoms with Crippen LogP contribution in [0.2, 0.25) is 0 Å². The first-order chi connectivity index (χ1) is 23.9. The number of rotatable bonds is 7. The van der Waals surface area contributed by atoms with Crippen molar-refractivity contribution in [1.82, 2.24) is 9.80 Å². The van der Waals surface area contributed by atoms with Crippen LogP contribution in [0.3, 0.4) is 0 Å². The third-order valence-electron chi connectivity index (χ3n) is 11.0. The van der Waals surface area contributed by atoms with Gasteiger partial charge in [-0.05, 0) is 80.3 Å². The molecule has 3 aromatic rings. The molecule has 0 radical (unpaired) electrons. The van der Waals surface area contributed by atoms with Crippen LogP contribution in [0.25, 0.3) is 0 Å². The predicted molar refractivity (Wildman–Crippen MR) is 181 cm³/mol. The minimum absolute atomic E-state index is 0.0879. The van der Waals surface area contributed by atoms with E-state index in [1.807, 2.05) is 19.9 Å². The number of phenols is 1. The lowest BCUT2D eigenvalue weighted by molar-refractivity contribution is -0.138. The molecule has 10 heteroatoms. The average Bonchev–Trinajstić information content (AvgIpc) is 3.42. The lowest BCUT2D eigenvalue weighted by Crippen LogP contribution is -2.69. The number of carbonyl (C=O) groups excluding carboxylic acids is 2. The molecule has 2 heterocycles. The van der Waals surface area contributed by atoms with Crippen LogP contribution in [0.4, 0.5) is 13.2 Å². The first kappa shape index (κ1) is 34.0. The summed E-state index contributed by atoms with van der Waals surface area (Å²) in [6.45, 7) is 7.49. The molecule has 50 heavy (non-hydrogen) atoms. The standard InChI is InChI=1S/C40H41F3N2O5/c1-24(2)23-45(35(48)16-11-27-9-12-28(13-10-27)40(41,42)43)31-15-14-30-32-21-29-34(49-25(3)46)22-33(47)37-36(29)39(30,38(31)50-37)18-20-44(32)19-17-26-7-5-4-6-8-26/h4-10,12-13,22,24,30-32,38,47H,14-15,17-21,23H2,1-3H3/t30-,31-,32+,38-,39-/m0/s1. The van der Waals surface area contributed by atoms with Crippen molar-refractivity contribution in [2.75, 3.05) is 19.6 Å². The molecule has 0 unspecified atom stereocenters. The largest absolute Gasteiger partial charge is 0.504 e. The molecule has 7 rings (SSSR count). The molecule has 1 saturated carbocycles. The highest BCUT2D eigenvalue weighted by Gasteiger charge is 2.67. The molecular formula is C40H41F3N2O5. The fourth-order valence-corrected chi connectivity index (χ4v) is 9.11. The molecule has 1 amide bonds. The van der Waals surface area contributed by atoms with Gasteiger partial charge in [0.05, 0.1) is 11.6 Å². The molecule has 2 bridgehead atoms. The van der Waals surface area contributed by atoms with Gasteiger partial charge in [0, 0.05) is 60.1 Å². The molecule has 262 valence electrons. The summed E-state index contributed by atoms with van der Waals surface area (Å²) in [6, 6.07) is 16.1. The maximum Gasteiger partial charge on any atom is 0.416 e. The van der Waals surface area contributed by atoms with Gasteiger partial charge in [-0.15, -0.1) is 0 Å². The van der Waals surface area contributed by atoms with Gasteiger partial charge < -0.3 is 19.5 Å². The third kappa shape index (κ3) is 6.00. The highest BCUT2D eigenvalue weighted by molar-refractivity contribution is 5.94. The lowest BCUT2D eigenvalue weighted by Gasteiger charge is -2.60. The Morgan fingerprint density at radius 3 is 2.54 bits per heavy atom. The fourth-order valence-electron chi connectivity index (χ4n) is 9.11. The van der Waals surface area contributed by atoms with Crippen molar-refractivity contribution in [3.05, 3.63) is 88.5 Å². The highest BCUT2D eigenvalue weighted by Crippen LogP contribution is 2.65. The number of likely N-dealkylation sites (tertiary alicyclic amines) is 1. The van der Waals surface area contributed by atoms with Gasteiger partial charge in [0.25, 0.3) is 5.91 Å². The van der Waals surface area contributed by atoms with E-state index in [0.717, 1.165) is 55.6 Å². The van der Waals surface area contributed by atoms with Gasteiger partial charge in [-0.2, -0.15) is 13.2 Å². The number of esters is 1. The minimum atomic E-state index is -4.46. The van der Waals surface area contributed by atoms with Crippen LogP contribution in [0.1, 0.15) is 67.9 Å². The van der Waals surface area contributed by atoms with Crippen LogP contribution in [0, 0.1) is 23.7 Å². The summed E-state index contributed by atoms with van der Waals surface area (Å²) in [4.78, 5) is 30.6. The second-order valence-corrected chi connectivity index (χ2v) is 14.5. The number of ether oxygens (including phenoxy) is 2. The predicted octanol–water partition coefficient (Wildman–Crippen LogP) is 6.52. The Bertz CT molecular complexity index is 1850. The normalized spacial score (nSPS) is 24.9. The summed E-state index contributed by atoms with van der Waals surface area (Å²) in [5, 5.41) is 11.3. The number of carbonyl (C=O) groups is 2. The van der Waals surface area contributed by atoms with E-state index in [0.29, 0.717) is 36.4 Å². The molecule has 0 aromatic heterocycles. The SMILES string of the molecule is CC(=O)Oc1cc(O)c2c3c1C[C@@H]1[C@@H]4CC[C@H](N(CC(C)C)C(=O)C#Cc5ccc(C(F)(F)F)cc5)[C@H](O2)[C@]34CCN1CCc1ccccc1. The van der Waals surface area contributed by atoms with E-state index >= 15 is 0 Å². The number of aromatic hydroxyl groups is 1. The van der Waals surface area contributed by atoms with Gasteiger partial charge >= 0.3 is 12.1 Å². The summed E-state index contributed by atoms with van der Waals surface area (Å²) < 4.78 is 51.8. The van der Waals surface area contributed by atoms with Crippen molar-refractivity contribution in [2.45, 2.75) is 82.7 Å². The summed E-state index contributed by atoms with van der Waals surface area (Å²) in [7, 11) is 0. The number of nitrogens with zero attached hydrogens (tertiary/aromatic N) is 2. The van der Waals surface area contributed by atoms with Crippen molar-refractivity contribution < 1.29 is 37.3 Å². The zero-order valence-corrected chi connectivity index (χ0v) is 28.4. The number of halogens is 3. The van der Waals surface area contributed by atoms with Crippen molar-refractivity contribution in [2.24, 2.45) is 11.8 Å². The van der Waals surface area contributed by atoms with Crippen LogP contribution in [0.15, 0.2) is 60.7 Å². The minimum Gasteiger partial charge on any atom is -0.504 e. The van der Waals surface area contributed by atoms with Gasteiger partial charge in [0.2, 0.25) is 0 Å². The van der Waals surface area contributed by atoms with E-state index in [-0.39, 0.29) is 29.7 Å². The molecule has 1 saturated heterocycles. The molecule has 7 nitrogen and oxygen atoms in total. The number of phenolic OH excluding ortho intramolecular Hbond substituents is 1. The van der Waals surface area contributed by atoms with Gasteiger partial charge in [-0.25, -0.2) is 0 Å².